The van der Waals surface area contributed by atoms with Crippen molar-refractivity contribution in [2.45, 2.75) is 45.2 Å². The number of nitrogens with one attached hydrogen (secondary N) is 3. The first-order valence-corrected chi connectivity index (χ1v) is 16.2. The van der Waals surface area contributed by atoms with Crippen LogP contribution in [-0.4, -0.2) is 72.7 Å². The van der Waals surface area contributed by atoms with Crippen LogP contribution in [0.2, 0.25) is 0 Å². The molecule has 1 saturated heterocycles. The van der Waals surface area contributed by atoms with Crippen molar-refractivity contribution in [3.63, 3.8) is 0 Å². The van der Waals surface area contributed by atoms with E-state index in [9.17, 15) is 19.6 Å². The highest BCUT2D eigenvalue weighted by atomic mass is 127. The van der Waals surface area contributed by atoms with Gasteiger partial charge in [0, 0.05) is 48.1 Å². The van der Waals surface area contributed by atoms with Crippen LogP contribution < -0.4 is 20.9 Å². The Morgan fingerprint density at radius 3 is 2.84 bits per heavy atom. The maximum atomic E-state index is 13.6. The molecule has 2 aliphatic rings. The molecule has 1 atom stereocenters. The number of urea groups is 1. The number of amides is 4. The second kappa shape index (κ2) is 13.2. The predicted molar refractivity (Wildman–Crippen MR) is 179 cm³/mol. The number of nitriles is 1. The van der Waals surface area contributed by atoms with Gasteiger partial charge in [0.1, 0.15) is 21.3 Å². The summed E-state index contributed by atoms with van der Waals surface area (Å²) in [6, 6.07) is 9.05. The van der Waals surface area contributed by atoms with Crippen LogP contribution >= 0.6 is 33.9 Å². The van der Waals surface area contributed by atoms with Gasteiger partial charge in [-0.2, -0.15) is 5.26 Å². The van der Waals surface area contributed by atoms with E-state index in [2.05, 4.69) is 49.6 Å². The average Bonchev–Trinajstić information content (AvgIpc) is 3.36. The first kappa shape index (κ1) is 31.8. The minimum atomic E-state index is -0.587. The number of thiophene rings is 1. The van der Waals surface area contributed by atoms with E-state index in [0.29, 0.717) is 59.0 Å². The molecule has 230 valence electrons. The Morgan fingerprint density at radius 2 is 2.11 bits per heavy atom. The van der Waals surface area contributed by atoms with Gasteiger partial charge in [-0.05, 0) is 92.1 Å². The number of aryl methyl sites for hydroxylation is 1. The molecule has 3 N–H and O–H groups in total. The highest BCUT2D eigenvalue weighted by molar-refractivity contribution is 14.1. The quantitative estimate of drug-likeness (QED) is 0.121. The van der Waals surface area contributed by atoms with Crippen molar-refractivity contribution in [2.24, 2.45) is 0 Å². The van der Waals surface area contributed by atoms with Crippen molar-refractivity contribution in [2.75, 3.05) is 43.6 Å². The van der Waals surface area contributed by atoms with Crippen LogP contribution in [0.5, 0.6) is 0 Å². The SMILES string of the molecule is COCCNC(C)(C)/C=C(\C#N)C(=O)N1CCC[C@@H](NC(=O)c2sc3nccc4c3c2NC(=O)N4c2ccc(I)cc2C)C1. The Hall–Kier alpha value is -3.58. The third-order valence-electron chi connectivity index (χ3n) is 7.64. The largest absolute Gasteiger partial charge is 0.383 e. The molecule has 2 aromatic heterocycles. The summed E-state index contributed by atoms with van der Waals surface area (Å²) in [7, 11) is 1.61. The predicted octanol–water partition coefficient (Wildman–Crippen LogP) is 5.08. The molecule has 13 heteroatoms. The van der Waals surface area contributed by atoms with Gasteiger partial charge in [0.15, 0.2) is 0 Å². The van der Waals surface area contributed by atoms with Gasteiger partial charge in [-0.15, -0.1) is 11.3 Å². The molecule has 4 amide bonds. The summed E-state index contributed by atoms with van der Waals surface area (Å²) >= 11 is 3.46. The Labute approximate surface area is 273 Å². The molecule has 0 radical (unpaired) electrons. The van der Waals surface area contributed by atoms with Gasteiger partial charge in [-0.1, -0.05) is 0 Å². The van der Waals surface area contributed by atoms with Crippen LogP contribution in [0.15, 0.2) is 42.1 Å². The van der Waals surface area contributed by atoms with Crippen molar-refractivity contribution >= 4 is 79.1 Å². The number of hydrogen-bond donors (Lipinski definition) is 3. The minimum absolute atomic E-state index is 0.0510. The molecular formula is C31H34IN7O4S. The Morgan fingerprint density at radius 1 is 1.32 bits per heavy atom. The zero-order valence-corrected chi connectivity index (χ0v) is 28.0. The van der Waals surface area contributed by atoms with Gasteiger partial charge >= 0.3 is 6.03 Å². The first-order chi connectivity index (χ1) is 21.0. The number of carbonyl (C=O) groups excluding carboxylic acids is 3. The second-order valence-electron chi connectivity index (χ2n) is 11.4. The Bertz CT molecular complexity index is 1700. The summed E-state index contributed by atoms with van der Waals surface area (Å²) in [5.74, 6) is -0.705. The highest BCUT2D eigenvalue weighted by Crippen LogP contribution is 2.46. The monoisotopic (exact) mass is 727 g/mol. The number of halogens is 1. The van der Waals surface area contributed by atoms with Gasteiger partial charge < -0.3 is 25.6 Å². The lowest BCUT2D eigenvalue weighted by Gasteiger charge is -2.33. The number of nitrogens with zero attached hydrogens (tertiary/aromatic N) is 4. The average molecular weight is 728 g/mol. The molecule has 2 aliphatic heterocycles. The van der Waals surface area contributed by atoms with Crippen LogP contribution in [-0.2, 0) is 9.53 Å². The molecule has 11 nitrogen and oxygen atoms in total. The fourth-order valence-electron chi connectivity index (χ4n) is 5.58. The summed E-state index contributed by atoms with van der Waals surface area (Å²) in [6.07, 6.45) is 4.65. The molecular weight excluding hydrogens is 693 g/mol. The number of anilines is 3. The van der Waals surface area contributed by atoms with Crippen molar-refractivity contribution in [1.29, 1.82) is 5.26 Å². The van der Waals surface area contributed by atoms with Crippen LogP contribution in [0, 0.1) is 21.8 Å². The number of pyridine rings is 1. The number of methoxy groups -OCH3 is 1. The lowest BCUT2D eigenvalue weighted by molar-refractivity contribution is -0.128. The number of hydrogen-bond acceptors (Lipinski definition) is 8. The normalized spacial score (nSPS) is 17.0. The molecule has 0 unspecified atom stereocenters. The standard InChI is InChI=1S/C31H34IN7O4S/c1-18-14-20(32)7-8-22(18)39-23-9-10-34-28-24(23)25(37-30(39)42)26(44-28)27(40)36-21-6-5-12-38(17-21)29(41)19(16-33)15-31(2,3)35-11-13-43-4/h7-10,14-15,21,35H,5-6,11-13,17H2,1-4H3,(H,36,40)(H,37,42)/b19-15+/t21-/m1/s1. The summed E-state index contributed by atoms with van der Waals surface area (Å²) < 4.78 is 6.15. The van der Waals surface area contributed by atoms with Crippen molar-refractivity contribution in [3.05, 3.63) is 56.1 Å². The van der Waals surface area contributed by atoms with Gasteiger partial charge in [-0.25, -0.2) is 9.78 Å². The summed E-state index contributed by atoms with van der Waals surface area (Å²) in [5.41, 5.74) is 2.27. The summed E-state index contributed by atoms with van der Waals surface area (Å²) in [4.78, 5) is 49.2. The fourth-order valence-corrected chi connectivity index (χ4v) is 7.25. The van der Waals surface area contributed by atoms with Gasteiger partial charge in [-0.3, -0.25) is 14.5 Å². The molecule has 3 aromatic rings. The number of aromatic nitrogens is 1. The number of rotatable bonds is 9. The van der Waals surface area contributed by atoms with Crippen LogP contribution in [0.25, 0.3) is 10.2 Å². The van der Waals surface area contributed by atoms with E-state index in [-0.39, 0.29) is 36.0 Å². The molecule has 1 fully saturated rings. The van der Waals surface area contributed by atoms with Crippen LogP contribution in [0.1, 0.15) is 41.9 Å². The van der Waals surface area contributed by atoms with Crippen LogP contribution in [0.3, 0.4) is 0 Å². The van der Waals surface area contributed by atoms with E-state index in [1.165, 1.54) is 11.3 Å². The van der Waals surface area contributed by atoms with Crippen LogP contribution in [0.4, 0.5) is 21.9 Å². The number of piperidine rings is 1. The lowest BCUT2D eigenvalue weighted by Crippen LogP contribution is -2.50. The minimum Gasteiger partial charge on any atom is -0.383 e. The van der Waals surface area contributed by atoms with E-state index in [0.717, 1.165) is 14.8 Å². The number of ether oxygens (including phenoxy) is 1. The highest BCUT2D eigenvalue weighted by Gasteiger charge is 2.35. The lowest BCUT2D eigenvalue weighted by atomic mass is 9.99. The molecule has 0 saturated carbocycles. The second-order valence-corrected chi connectivity index (χ2v) is 13.6. The van der Waals surface area contributed by atoms with Gasteiger partial charge in [0.25, 0.3) is 11.8 Å². The summed E-state index contributed by atoms with van der Waals surface area (Å²) in [5, 5.41) is 19.8. The van der Waals surface area contributed by atoms with Crippen molar-refractivity contribution in [3.8, 4) is 6.07 Å². The van der Waals surface area contributed by atoms with Gasteiger partial charge in [0.2, 0.25) is 0 Å². The third-order valence-corrected chi connectivity index (χ3v) is 9.41. The fraction of sp³-hybridized carbons (Fsp3) is 0.387. The molecule has 1 aromatic carbocycles. The van der Waals surface area contributed by atoms with E-state index in [1.54, 1.807) is 35.2 Å². The van der Waals surface area contributed by atoms with E-state index >= 15 is 0 Å². The molecule has 0 aliphatic carbocycles. The van der Waals surface area contributed by atoms with Crippen molar-refractivity contribution < 1.29 is 19.1 Å². The maximum Gasteiger partial charge on any atom is 0.331 e. The zero-order chi connectivity index (χ0) is 31.6. The molecule has 0 spiro atoms. The van der Waals surface area contributed by atoms with E-state index < -0.39 is 5.54 Å². The molecule has 5 rings (SSSR count). The topological polar surface area (TPSA) is 140 Å². The number of carbonyl (C=O) groups is 3. The Kier molecular flexibility index (Phi) is 9.54. The van der Waals surface area contributed by atoms with Crippen molar-refractivity contribution in [1.82, 2.24) is 20.5 Å². The third kappa shape index (κ3) is 6.58. The maximum absolute atomic E-state index is 13.6. The number of benzene rings is 1. The number of likely N-dealkylation sites (tertiary alicyclic amines) is 1. The summed E-state index contributed by atoms with van der Waals surface area (Å²) in [6.45, 7) is 7.59. The smallest absolute Gasteiger partial charge is 0.331 e. The zero-order valence-electron chi connectivity index (χ0n) is 25.0. The van der Waals surface area contributed by atoms with E-state index in [4.69, 9.17) is 4.74 Å². The van der Waals surface area contributed by atoms with Gasteiger partial charge in [0.05, 0.1) is 29.1 Å². The molecule has 0 bridgehead atoms. The Balaban J connectivity index is 1.35. The molecule has 44 heavy (non-hydrogen) atoms. The van der Waals surface area contributed by atoms with E-state index in [1.807, 2.05) is 39.0 Å². The molecule has 4 heterocycles. The first-order valence-electron chi connectivity index (χ1n) is 14.3.